The minimum Gasteiger partial charge on any atom is -0.489 e. The topological polar surface area (TPSA) is 21.3 Å². The van der Waals surface area contributed by atoms with E-state index in [1.807, 2.05) is 31.3 Å². The van der Waals surface area contributed by atoms with Crippen LogP contribution in [0.15, 0.2) is 48.5 Å². The van der Waals surface area contributed by atoms with Crippen molar-refractivity contribution < 1.29 is 9.13 Å². The third kappa shape index (κ3) is 4.54. The van der Waals surface area contributed by atoms with Crippen LogP contribution in [0.3, 0.4) is 0 Å². The molecule has 0 heterocycles. The molecule has 0 unspecified atom stereocenters. The maximum atomic E-state index is 12.8. The molecule has 2 nitrogen and oxygen atoms in total. The second-order valence-electron chi connectivity index (χ2n) is 4.05. The fourth-order valence-corrected chi connectivity index (χ4v) is 1.72. The molecule has 1 N–H and O–H groups in total. The molecule has 0 amide bonds. The maximum absolute atomic E-state index is 12.8. The molecule has 0 aliphatic heterocycles. The van der Waals surface area contributed by atoms with Crippen molar-refractivity contribution in [3.63, 3.8) is 0 Å². The van der Waals surface area contributed by atoms with Crippen molar-refractivity contribution in [1.82, 2.24) is 5.32 Å². The number of benzene rings is 2. The smallest absolute Gasteiger partial charge is 0.124 e. The van der Waals surface area contributed by atoms with Crippen LogP contribution in [0.2, 0.25) is 0 Å². The first-order valence-electron chi connectivity index (χ1n) is 5.89. The normalized spacial score (nSPS) is 9.79. The zero-order chi connectivity index (χ0) is 12.8. The molecule has 2 rings (SSSR count). The van der Waals surface area contributed by atoms with Crippen LogP contribution < -0.4 is 10.1 Å². The number of hydrogen-bond acceptors (Lipinski definition) is 2. The average Bonchev–Trinajstić information content (AvgIpc) is 2.40. The van der Waals surface area contributed by atoms with Crippen molar-refractivity contribution in [2.24, 2.45) is 0 Å². The molecule has 0 saturated heterocycles. The molecule has 0 aliphatic rings. The van der Waals surface area contributed by atoms with Gasteiger partial charge in [-0.1, -0.05) is 30.3 Å². The van der Waals surface area contributed by atoms with Crippen molar-refractivity contribution in [3.8, 4) is 5.75 Å². The van der Waals surface area contributed by atoms with Gasteiger partial charge in [-0.25, -0.2) is 4.39 Å². The van der Waals surface area contributed by atoms with Crippen LogP contribution in [0.1, 0.15) is 11.1 Å². The van der Waals surface area contributed by atoms with E-state index in [4.69, 9.17) is 4.74 Å². The molecule has 0 aliphatic carbocycles. The predicted molar refractivity (Wildman–Crippen MR) is 77.2 cm³/mol. The van der Waals surface area contributed by atoms with Crippen molar-refractivity contribution in [1.29, 1.82) is 0 Å². The van der Waals surface area contributed by atoms with E-state index in [0.717, 1.165) is 23.4 Å². The Kier molecular flexibility index (Phi) is 6.33. The summed E-state index contributed by atoms with van der Waals surface area (Å²) in [7, 11) is 1.90. The van der Waals surface area contributed by atoms with Crippen LogP contribution in [-0.2, 0) is 13.2 Å². The number of rotatable bonds is 5. The molecule has 0 radical (unpaired) electrons. The van der Waals surface area contributed by atoms with Crippen LogP contribution >= 0.6 is 12.4 Å². The van der Waals surface area contributed by atoms with E-state index in [0.29, 0.717) is 6.61 Å². The lowest BCUT2D eigenvalue weighted by molar-refractivity contribution is 0.302. The van der Waals surface area contributed by atoms with Crippen LogP contribution in [0.5, 0.6) is 5.75 Å². The van der Waals surface area contributed by atoms with Crippen LogP contribution in [0, 0.1) is 5.82 Å². The molecular formula is C15H17ClFNO. The van der Waals surface area contributed by atoms with Crippen molar-refractivity contribution in [2.75, 3.05) is 7.05 Å². The first-order valence-corrected chi connectivity index (χ1v) is 5.89. The number of nitrogens with one attached hydrogen (secondary N) is 1. The number of para-hydroxylation sites is 1. The molecule has 102 valence electrons. The Morgan fingerprint density at radius 3 is 2.42 bits per heavy atom. The lowest BCUT2D eigenvalue weighted by Gasteiger charge is -2.11. The van der Waals surface area contributed by atoms with E-state index < -0.39 is 0 Å². The van der Waals surface area contributed by atoms with Gasteiger partial charge < -0.3 is 10.1 Å². The van der Waals surface area contributed by atoms with Crippen LogP contribution in [0.25, 0.3) is 0 Å². The Morgan fingerprint density at radius 2 is 1.74 bits per heavy atom. The van der Waals surface area contributed by atoms with E-state index in [9.17, 15) is 4.39 Å². The fraction of sp³-hybridized carbons (Fsp3) is 0.200. The summed E-state index contributed by atoms with van der Waals surface area (Å²) in [6.45, 7) is 1.21. The third-order valence-corrected chi connectivity index (χ3v) is 2.65. The Bertz CT molecular complexity index is 502. The lowest BCUT2D eigenvalue weighted by atomic mass is 10.2. The van der Waals surface area contributed by atoms with Gasteiger partial charge in [-0.15, -0.1) is 12.4 Å². The van der Waals surface area contributed by atoms with E-state index in [2.05, 4.69) is 5.32 Å². The van der Waals surface area contributed by atoms with Crippen LogP contribution in [-0.4, -0.2) is 7.05 Å². The SMILES string of the molecule is CNCc1ccccc1OCc1ccc(F)cc1.Cl. The van der Waals surface area contributed by atoms with Gasteiger partial charge in [0.15, 0.2) is 0 Å². The highest BCUT2D eigenvalue weighted by molar-refractivity contribution is 5.85. The molecule has 0 bridgehead atoms. The summed E-state index contributed by atoms with van der Waals surface area (Å²) in [5, 5.41) is 3.10. The van der Waals surface area contributed by atoms with Gasteiger partial charge in [-0.05, 0) is 30.8 Å². The van der Waals surface area contributed by atoms with Crippen molar-refractivity contribution >= 4 is 12.4 Å². The minimum absolute atomic E-state index is 0. The predicted octanol–water partition coefficient (Wildman–Crippen LogP) is 3.55. The molecular weight excluding hydrogens is 265 g/mol. The molecule has 0 saturated carbocycles. The average molecular weight is 282 g/mol. The summed E-state index contributed by atoms with van der Waals surface area (Å²) in [6.07, 6.45) is 0. The molecule has 0 atom stereocenters. The van der Waals surface area contributed by atoms with Gasteiger partial charge in [0.1, 0.15) is 18.2 Å². The monoisotopic (exact) mass is 281 g/mol. The van der Waals surface area contributed by atoms with Gasteiger partial charge in [0, 0.05) is 12.1 Å². The summed E-state index contributed by atoms with van der Waals surface area (Å²) >= 11 is 0. The van der Waals surface area contributed by atoms with E-state index in [-0.39, 0.29) is 18.2 Å². The molecule has 2 aromatic carbocycles. The van der Waals surface area contributed by atoms with Gasteiger partial charge in [0.2, 0.25) is 0 Å². The summed E-state index contributed by atoms with van der Waals surface area (Å²) in [5.41, 5.74) is 2.07. The van der Waals surface area contributed by atoms with Gasteiger partial charge in [-0.3, -0.25) is 0 Å². The highest BCUT2D eigenvalue weighted by Gasteiger charge is 2.02. The van der Waals surface area contributed by atoms with E-state index in [1.165, 1.54) is 12.1 Å². The molecule has 19 heavy (non-hydrogen) atoms. The Morgan fingerprint density at radius 1 is 1.05 bits per heavy atom. The Balaban J connectivity index is 0.00000180. The standard InChI is InChI=1S/C15H16FNO.ClH/c1-17-10-13-4-2-3-5-15(13)18-11-12-6-8-14(16)9-7-12;/h2-9,17H,10-11H2,1H3;1H. The summed E-state index contributed by atoms with van der Waals surface area (Å²) in [6, 6.07) is 14.2. The molecule has 4 heteroatoms. The first kappa shape index (κ1) is 15.5. The molecule has 0 aromatic heterocycles. The van der Waals surface area contributed by atoms with Crippen molar-refractivity contribution in [3.05, 3.63) is 65.5 Å². The quantitative estimate of drug-likeness (QED) is 0.905. The zero-order valence-electron chi connectivity index (χ0n) is 10.7. The second kappa shape index (κ2) is 7.77. The number of ether oxygens (including phenoxy) is 1. The Hall–Kier alpha value is -1.58. The minimum atomic E-state index is -0.227. The third-order valence-electron chi connectivity index (χ3n) is 2.65. The number of halogens is 2. The first-order chi connectivity index (χ1) is 8.79. The molecule has 0 spiro atoms. The van der Waals surface area contributed by atoms with E-state index in [1.54, 1.807) is 12.1 Å². The molecule has 0 fully saturated rings. The van der Waals surface area contributed by atoms with Gasteiger partial charge in [0.05, 0.1) is 0 Å². The second-order valence-corrected chi connectivity index (χ2v) is 4.05. The maximum Gasteiger partial charge on any atom is 0.124 e. The molecule has 2 aromatic rings. The highest BCUT2D eigenvalue weighted by Crippen LogP contribution is 2.19. The Labute approximate surface area is 119 Å². The van der Waals surface area contributed by atoms with Gasteiger partial charge in [-0.2, -0.15) is 0 Å². The zero-order valence-corrected chi connectivity index (χ0v) is 11.5. The lowest BCUT2D eigenvalue weighted by Crippen LogP contribution is -2.07. The number of hydrogen-bond donors (Lipinski definition) is 1. The largest absolute Gasteiger partial charge is 0.489 e. The van der Waals surface area contributed by atoms with E-state index >= 15 is 0 Å². The van der Waals surface area contributed by atoms with Gasteiger partial charge >= 0.3 is 0 Å². The van der Waals surface area contributed by atoms with Gasteiger partial charge in [0.25, 0.3) is 0 Å². The fourth-order valence-electron chi connectivity index (χ4n) is 1.72. The summed E-state index contributed by atoms with van der Waals surface area (Å²) in [5.74, 6) is 0.630. The summed E-state index contributed by atoms with van der Waals surface area (Å²) < 4.78 is 18.5. The van der Waals surface area contributed by atoms with Crippen molar-refractivity contribution in [2.45, 2.75) is 13.2 Å². The van der Waals surface area contributed by atoms with Crippen LogP contribution in [0.4, 0.5) is 4.39 Å². The summed E-state index contributed by atoms with van der Waals surface area (Å²) in [4.78, 5) is 0. The highest BCUT2D eigenvalue weighted by atomic mass is 35.5.